The topological polar surface area (TPSA) is 106 Å². The molecule has 1 aliphatic heterocycles. The van der Waals surface area contributed by atoms with E-state index in [1.807, 2.05) is 49.3 Å². The Morgan fingerprint density at radius 1 is 1.03 bits per heavy atom. The Kier molecular flexibility index (Phi) is 7.20. The van der Waals surface area contributed by atoms with E-state index < -0.39 is 15.9 Å². The van der Waals surface area contributed by atoms with Crippen LogP contribution in [0.1, 0.15) is 22.6 Å². The molecule has 1 heterocycles. The second kappa shape index (κ2) is 10.3. The zero-order valence-corrected chi connectivity index (χ0v) is 21.2. The normalized spacial score (nSPS) is 15.4. The maximum Gasteiger partial charge on any atom is 0.238 e. The lowest BCUT2D eigenvalue weighted by atomic mass is 9.90. The van der Waals surface area contributed by atoms with Crippen LogP contribution in [0.25, 0.3) is 0 Å². The van der Waals surface area contributed by atoms with E-state index in [9.17, 15) is 18.5 Å². The third-order valence-electron chi connectivity index (χ3n) is 5.89. The Morgan fingerprint density at radius 3 is 2.33 bits per heavy atom. The average Bonchev–Trinajstić information content (AvgIpc) is 3.17. The van der Waals surface area contributed by atoms with Crippen LogP contribution in [0.4, 0.5) is 17.1 Å². The number of carbonyl (C=O) groups is 1. The Morgan fingerprint density at radius 2 is 1.72 bits per heavy atom. The number of nitriles is 1. The van der Waals surface area contributed by atoms with Gasteiger partial charge in [0.2, 0.25) is 15.9 Å². The van der Waals surface area contributed by atoms with Crippen molar-refractivity contribution in [1.29, 1.82) is 5.26 Å². The minimum Gasteiger partial charge on any atom is -0.325 e. The molecule has 0 aliphatic carbocycles. The quantitative estimate of drug-likeness (QED) is 0.474. The van der Waals surface area contributed by atoms with Crippen molar-refractivity contribution in [2.45, 2.75) is 5.92 Å². The number of sulfonamides is 1. The predicted octanol–water partition coefficient (Wildman–Crippen LogP) is 3.74. The molecule has 1 unspecified atom stereocenters. The van der Waals surface area contributed by atoms with E-state index >= 15 is 0 Å². The van der Waals surface area contributed by atoms with Gasteiger partial charge in [-0.2, -0.15) is 5.26 Å². The standard InChI is InChI=1S/C27H27N5O3S/c1-31(2)15-16-32(36(3,34)35)22-12-10-21(11-13-22)29-26(20-7-5-4-6-8-20)25-23-14-9-19(18-28)17-24(23)30-27(25)33/h4-14,17,25H,15-16H2,1-3H3,(H,30,33). The molecule has 0 saturated carbocycles. The number of anilines is 2. The van der Waals surface area contributed by atoms with Gasteiger partial charge < -0.3 is 10.2 Å². The van der Waals surface area contributed by atoms with Crippen LogP contribution in [-0.2, 0) is 14.8 Å². The number of amides is 1. The van der Waals surface area contributed by atoms with Crippen molar-refractivity contribution in [1.82, 2.24) is 4.90 Å². The van der Waals surface area contributed by atoms with Crippen LogP contribution in [0.15, 0.2) is 77.8 Å². The zero-order chi connectivity index (χ0) is 25.9. The molecular formula is C27H27N5O3S. The van der Waals surface area contributed by atoms with E-state index in [-0.39, 0.29) is 5.91 Å². The first-order chi connectivity index (χ1) is 17.2. The number of fused-ring (bicyclic) bond motifs is 1. The molecule has 4 rings (SSSR count). The van der Waals surface area contributed by atoms with Crippen molar-refractivity contribution in [3.8, 4) is 6.07 Å². The number of rotatable bonds is 8. The summed E-state index contributed by atoms with van der Waals surface area (Å²) in [5.74, 6) is -0.867. The van der Waals surface area contributed by atoms with Crippen LogP contribution in [0.3, 0.4) is 0 Å². The predicted molar refractivity (Wildman–Crippen MR) is 142 cm³/mol. The third-order valence-corrected chi connectivity index (χ3v) is 7.09. The minimum absolute atomic E-state index is 0.216. The van der Waals surface area contributed by atoms with Crippen molar-refractivity contribution >= 4 is 38.7 Å². The fourth-order valence-electron chi connectivity index (χ4n) is 4.12. The minimum atomic E-state index is -3.46. The zero-order valence-electron chi connectivity index (χ0n) is 20.3. The van der Waals surface area contributed by atoms with Gasteiger partial charge in [0.05, 0.1) is 35.0 Å². The van der Waals surface area contributed by atoms with Crippen molar-refractivity contribution in [2.24, 2.45) is 4.99 Å². The Hall–Kier alpha value is -4.00. The second-order valence-electron chi connectivity index (χ2n) is 8.85. The van der Waals surface area contributed by atoms with Gasteiger partial charge in [-0.25, -0.2) is 8.42 Å². The van der Waals surface area contributed by atoms with Gasteiger partial charge in [0.15, 0.2) is 0 Å². The van der Waals surface area contributed by atoms with Gasteiger partial charge in [-0.05, 0) is 61.6 Å². The smallest absolute Gasteiger partial charge is 0.238 e. The van der Waals surface area contributed by atoms with Gasteiger partial charge >= 0.3 is 0 Å². The fourth-order valence-corrected chi connectivity index (χ4v) is 5.04. The third kappa shape index (κ3) is 5.46. The number of nitrogens with one attached hydrogen (secondary N) is 1. The first-order valence-corrected chi connectivity index (χ1v) is 13.2. The Balaban J connectivity index is 1.74. The summed E-state index contributed by atoms with van der Waals surface area (Å²) >= 11 is 0. The van der Waals surface area contributed by atoms with Crippen molar-refractivity contribution in [3.63, 3.8) is 0 Å². The molecule has 0 spiro atoms. The average molecular weight is 502 g/mol. The largest absolute Gasteiger partial charge is 0.325 e. The highest BCUT2D eigenvalue weighted by atomic mass is 32.2. The van der Waals surface area contributed by atoms with Gasteiger partial charge in [0, 0.05) is 18.8 Å². The highest BCUT2D eigenvalue weighted by molar-refractivity contribution is 7.92. The number of nitrogens with zero attached hydrogens (tertiary/aromatic N) is 4. The molecule has 1 atom stereocenters. The molecule has 184 valence electrons. The van der Waals surface area contributed by atoms with Gasteiger partial charge in [-0.15, -0.1) is 0 Å². The monoisotopic (exact) mass is 501 g/mol. The maximum absolute atomic E-state index is 13.1. The van der Waals surface area contributed by atoms with Crippen LogP contribution in [-0.4, -0.2) is 58.4 Å². The molecular weight excluding hydrogens is 474 g/mol. The summed E-state index contributed by atoms with van der Waals surface area (Å²) < 4.78 is 26.1. The lowest BCUT2D eigenvalue weighted by Crippen LogP contribution is -2.35. The summed E-state index contributed by atoms with van der Waals surface area (Å²) in [6.07, 6.45) is 1.19. The molecule has 1 amide bonds. The second-order valence-corrected chi connectivity index (χ2v) is 10.8. The first kappa shape index (κ1) is 25.1. The lowest BCUT2D eigenvalue weighted by molar-refractivity contribution is -0.115. The Bertz CT molecular complexity index is 1440. The van der Waals surface area contributed by atoms with Crippen LogP contribution in [0, 0.1) is 11.3 Å². The molecule has 0 bridgehead atoms. The van der Waals surface area contributed by atoms with E-state index in [1.54, 1.807) is 42.5 Å². The first-order valence-electron chi connectivity index (χ1n) is 11.4. The van der Waals surface area contributed by atoms with Crippen LogP contribution in [0.2, 0.25) is 0 Å². The molecule has 36 heavy (non-hydrogen) atoms. The molecule has 1 aliphatic rings. The summed E-state index contributed by atoms with van der Waals surface area (Å²) in [6.45, 7) is 0.905. The molecule has 0 saturated heterocycles. The van der Waals surface area contributed by atoms with Crippen molar-refractivity contribution < 1.29 is 13.2 Å². The number of likely N-dealkylation sites (N-methyl/N-ethyl adjacent to an activating group) is 1. The van der Waals surface area contributed by atoms with Gasteiger partial charge in [0.1, 0.15) is 5.92 Å². The van der Waals surface area contributed by atoms with E-state index in [0.717, 1.165) is 11.1 Å². The summed E-state index contributed by atoms with van der Waals surface area (Å²) in [6, 6.07) is 23.6. The number of hydrogen-bond acceptors (Lipinski definition) is 6. The molecule has 3 aromatic rings. The van der Waals surface area contributed by atoms with E-state index in [0.29, 0.717) is 41.4 Å². The molecule has 9 heteroatoms. The molecule has 0 aromatic heterocycles. The summed E-state index contributed by atoms with van der Waals surface area (Å²) in [5, 5.41) is 12.1. The highest BCUT2D eigenvalue weighted by Gasteiger charge is 2.35. The summed E-state index contributed by atoms with van der Waals surface area (Å²) in [7, 11) is 0.324. The van der Waals surface area contributed by atoms with Crippen LogP contribution in [0.5, 0.6) is 0 Å². The molecule has 0 fully saturated rings. The van der Waals surface area contributed by atoms with Crippen LogP contribution >= 0.6 is 0 Å². The number of carbonyl (C=O) groups excluding carboxylic acids is 1. The van der Waals surface area contributed by atoms with Gasteiger partial charge in [0.25, 0.3) is 0 Å². The maximum atomic E-state index is 13.1. The van der Waals surface area contributed by atoms with E-state index in [2.05, 4.69) is 11.4 Å². The van der Waals surface area contributed by atoms with Crippen molar-refractivity contribution in [2.75, 3.05) is 43.1 Å². The molecule has 0 radical (unpaired) electrons. The number of aliphatic imine (C=N–C) groups is 1. The van der Waals surface area contributed by atoms with Crippen LogP contribution < -0.4 is 9.62 Å². The number of hydrogen-bond donors (Lipinski definition) is 1. The SMILES string of the molecule is CN(C)CCN(c1ccc(N=C(c2ccccc2)C2C(=O)Nc3cc(C#N)ccc32)cc1)S(C)(=O)=O. The van der Waals surface area contributed by atoms with Gasteiger partial charge in [-0.3, -0.25) is 14.1 Å². The fraction of sp³-hybridized carbons (Fsp3) is 0.222. The summed E-state index contributed by atoms with van der Waals surface area (Å²) in [5.41, 5.74) is 4.33. The van der Waals surface area contributed by atoms with Gasteiger partial charge in [-0.1, -0.05) is 36.4 Å². The highest BCUT2D eigenvalue weighted by Crippen LogP contribution is 2.37. The molecule has 8 nitrogen and oxygen atoms in total. The van der Waals surface area contributed by atoms with E-state index in [1.165, 1.54) is 10.6 Å². The van der Waals surface area contributed by atoms with E-state index in [4.69, 9.17) is 4.99 Å². The Labute approximate surface area is 211 Å². The summed E-state index contributed by atoms with van der Waals surface area (Å²) in [4.78, 5) is 19.8. The molecule has 1 N–H and O–H groups in total. The lowest BCUT2D eigenvalue weighted by Gasteiger charge is -2.24. The molecule has 3 aromatic carbocycles. The number of benzene rings is 3. The van der Waals surface area contributed by atoms with Crippen molar-refractivity contribution in [3.05, 3.63) is 89.5 Å².